The minimum absolute atomic E-state index is 0.260. The molecule has 186 valence electrons. The van der Waals surface area contributed by atoms with Crippen LogP contribution >= 0.6 is 23.4 Å². The molecule has 0 spiro atoms. The predicted octanol–water partition coefficient (Wildman–Crippen LogP) is 7.18. The molecule has 0 aliphatic rings. The van der Waals surface area contributed by atoms with Gasteiger partial charge in [0.2, 0.25) is 0 Å². The van der Waals surface area contributed by atoms with E-state index in [2.05, 4.69) is 28.0 Å². The zero-order valence-corrected chi connectivity index (χ0v) is 21.9. The van der Waals surface area contributed by atoms with Gasteiger partial charge in [0, 0.05) is 33.3 Å². The number of carbonyl (C=O) groups is 2. The van der Waals surface area contributed by atoms with Crippen LogP contribution in [0, 0.1) is 0 Å². The average Bonchev–Trinajstić information content (AvgIpc) is 2.92. The highest BCUT2D eigenvalue weighted by molar-refractivity contribution is 7.97. The van der Waals surface area contributed by atoms with Gasteiger partial charge in [-0.05, 0) is 66.1 Å². The fourth-order valence-corrected chi connectivity index (χ4v) is 4.68. The Kier molecular flexibility index (Phi) is 9.13. The first-order chi connectivity index (χ1) is 18.0. The van der Waals surface area contributed by atoms with E-state index in [4.69, 9.17) is 11.6 Å². The fourth-order valence-electron chi connectivity index (χ4n) is 3.53. The summed E-state index contributed by atoms with van der Waals surface area (Å²) in [7, 11) is 0. The quantitative estimate of drug-likeness (QED) is 0.179. The highest BCUT2D eigenvalue weighted by Gasteiger charge is 2.09. The molecule has 0 saturated carbocycles. The number of hydrazone groups is 1. The van der Waals surface area contributed by atoms with Crippen molar-refractivity contribution in [1.82, 2.24) is 5.43 Å². The van der Waals surface area contributed by atoms with Gasteiger partial charge >= 0.3 is 0 Å². The lowest BCUT2D eigenvalue weighted by molar-refractivity contribution is 0.0954. The number of amides is 2. The highest BCUT2D eigenvalue weighted by Crippen LogP contribution is 2.19. The van der Waals surface area contributed by atoms with Crippen LogP contribution in [0.15, 0.2) is 108 Å². The van der Waals surface area contributed by atoms with Crippen LogP contribution in [0.25, 0.3) is 0 Å². The summed E-state index contributed by atoms with van der Waals surface area (Å²) >= 11 is 7.82. The third-order valence-corrected chi connectivity index (χ3v) is 6.86. The van der Waals surface area contributed by atoms with Gasteiger partial charge in [0.25, 0.3) is 11.8 Å². The summed E-state index contributed by atoms with van der Waals surface area (Å²) in [4.78, 5) is 25.1. The van der Waals surface area contributed by atoms with Crippen LogP contribution in [0.2, 0.25) is 5.02 Å². The highest BCUT2D eigenvalue weighted by atomic mass is 35.5. The predicted molar refractivity (Wildman–Crippen MR) is 153 cm³/mol. The molecule has 0 aliphatic heterocycles. The van der Waals surface area contributed by atoms with Crippen LogP contribution in [-0.4, -0.2) is 17.5 Å². The van der Waals surface area contributed by atoms with Crippen molar-refractivity contribution in [2.75, 3.05) is 5.32 Å². The first kappa shape index (κ1) is 26.2. The molecule has 0 radical (unpaired) electrons. The maximum atomic E-state index is 12.6. The first-order valence-corrected chi connectivity index (χ1v) is 13.2. The molecule has 0 saturated heterocycles. The topological polar surface area (TPSA) is 70.6 Å². The summed E-state index contributed by atoms with van der Waals surface area (Å²) in [5.41, 5.74) is 8.08. The largest absolute Gasteiger partial charge is 0.322 e. The minimum Gasteiger partial charge on any atom is -0.322 e. The maximum Gasteiger partial charge on any atom is 0.271 e. The number of hydrogen-bond acceptors (Lipinski definition) is 4. The SMILES string of the molecule is CC(=NNC(=O)c1ccc(CSCc2ccccc2)cc1)c1cccc(NC(=O)c2cccc(Cl)c2)c1. The molecule has 7 heteroatoms. The van der Waals surface area contributed by atoms with Crippen LogP contribution in [0.4, 0.5) is 5.69 Å². The Morgan fingerprint density at radius 2 is 1.41 bits per heavy atom. The third kappa shape index (κ3) is 7.81. The van der Waals surface area contributed by atoms with Crippen LogP contribution < -0.4 is 10.7 Å². The van der Waals surface area contributed by atoms with E-state index in [1.807, 2.05) is 66.4 Å². The lowest BCUT2D eigenvalue weighted by Gasteiger charge is -2.08. The smallest absolute Gasteiger partial charge is 0.271 e. The Morgan fingerprint density at radius 3 is 2.14 bits per heavy atom. The zero-order chi connectivity index (χ0) is 26.0. The van der Waals surface area contributed by atoms with Gasteiger partial charge in [-0.3, -0.25) is 9.59 Å². The second-order valence-corrected chi connectivity index (χ2v) is 9.78. The summed E-state index contributed by atoms with van der Waals surface area (Å²) in [5.74, 6) is 1.28. The molecule has 37 heavy (non-hydrogen) atoms. The van der Waals surface area contributed by atoms with E-state index >= 15 is 0 Å². The van der Waals surface area contributed by atoms with Gasteiger partial charge in [0.15, 0.2) is 0 Å². The van der Waals surface area contributed by atoms with E-state index in [0.29, 0.717) is 27.5 Å². The Morgan fingerprint density at radius 1 is 0.730 bits per heavy atom. The number of hydrogen-bond donors (Lipinski definition) is 2. The molecule has 0 bridgehead atoms. The number of thioether (sulfide) groups is 1. The normalized spacial score (nSPS) is 11.1. The van der Waals surface area contributed by atoms with E-state index in [0.717, 1.165) is 22.6 Å². The summed E-state index contributed by atoms with van der Waals surface area (Å²) in [6.45, 7) is 1.80. The van der Waals surface area contributed by atoms with Crippen molar-refractivity contribution in [3.05, 3.63) is 136 Å². The molecule has 4 rings (SSSR count). The van der Waals surface area contributed by atoms with Crippen molar-refractivity contribution in [2.45, 2.75) is 18.4 Å². The molecule has 0 aromatic heterocycles. The van der Waals surface area contributed by atoms with E-state index < -0.39 is 0 Å². The summed E-state index contributed by atoms with van der Waals surface area (Å²) < 4.78 is 0. The van der Waals surface area contributed by atoms with Crippen LogP contribution in [0.1, 0.15) is 44.3 Å². The fraction of sp³-hybridized carbons (Fsp3) is 0.100. The van der Waals surface area contributed by atoms with Gasteiger partial charge in [-0.1, -0.05) is 72.3 Å². The number of carbonyl (C=O) groups excluding carboxylic acids is 2. The van der Waals surface area contributed by atoms with Gasteiger partial charge < -0.3 is 5.32 Å². The molecular weight excluding hydrogens is 502 g/mol. The number of benzene rings is 4. The zero-order valence-electron chi connectivity index (χ0n) is 20.3. The maximum absolute atomic E-state index is 12.6. The average molecular weight is 528 g/mol. The van der Waals surface area contributed by atoms with Crippen LogP contribution in [0.5, 0.6) is 0 Å². The number of halogens is 1. The van der Waals surface area contributed by atoms with Gasteiger partial charge in [-0.2, -0.15) is 16.9 Å². The molecule has 0 atom stereocenters. The number of anilines is 1. The summed E-state index contributed by atoms with van der Waals surface area (Å²) in [6, 6.07) is 31.9. The number of nitrogens with one attached hydrogen (secondary N) is 2. The van der Waals surface area contributed by atoms with Crippen molar-refractivity contribution in [3.63, 3.8) is 0 Å². The molecule has 0 heterocycles. The molecule has 4 aromatic carbocycles. The van der Waals surface area contributed by atoms with Crippen LogP contribution in [-0.2, 0) is 11.5 Å². The lowest BCUT2D eigenvalue weighted by Crippen LogP contribution is -2.19. The Balaban J connectivity index is 1.31. The minimum atomic E-state index is -0.284. The molecule has 4 aromatic rings. The first-order valence-electron chi connectivity index (χ1n) is 11.7. The van der Waals surface area contributed by atoms with Crippen molar-refractivity contribution < 1.29 is 9.59 Å². The Hall–Kier alpha value is -3.87. The van der Waals surface area contributed by atoms with Crippen molar-refractivity contribution in [2.24, 2.45) is 5.10 Å². The van der Waals surface area contributed by atoms with Crippen LogP contribution in [0.3, 0.4) is 0 Å². The Bertz CT molecular complexity index is 1410. The second kappa shape index (κ2) is 12.9. The van der Waals surface area contributed by atoms with E-state index in [-0.39, 0.29) is 11.8 Å². The van der Waals surface area contributed by atoms with Gasteiger partial charge in [0.05, 0.1) is 5.71 Å². The number of nitrogens with zero attached hydrogens (tertiary/aromatic N) is 1. The second-order valence-electron chi connectivity index (χ2n) is 8.36. The summed E-state index contributed by atoms with van der Waals surface area (Å²) in [6.07, 6.45) is 0. The molecule has 2 amide bonds. The standard InChI is InChI=1S/C30H26ClN3O2S/c1-21(25-9-6-12-28(18-25)32-29(35)26-10-5-11-27(31)17-26)33-34-30(36)24-15-13-23(14-16-24)20-37-19-22-7-3-2-4-8-22/h2-18H,19-20H2,1H3,(H,32,35)(H,34,36). The van der Waals surface area contributed by atoms with Crippen molar-refractivity contribution in [3.8, 4) is 0 Å². The van der Waals surface area contributed by atoms with E-state index in [1.54, 1.807) is 43.3 Å². The molecular formula is C30H26ClN3O2S. The van der Waals surface area contributed by atoms with Gasteiger partial charge in [-0.25, -0.2) is 5.43 Å². The number of rotatable bonds is 9. The van der Waals surface area contributed by atoms with E-state index in [9.17, 15) is 9.59 Å². The van der Waals surface area contributed by atoms with Crippen molar-refractivity contribution in [1.29, 1.82) is 0 Å². The monoisotopic (exact) mass is 527 g/mol. The lowest BCUT2D eigenvalue weighted by atomic mass is 10.1. The van der Waals surface area contributed by atoms with Crippen molar-refractivity contribution >= 4 is 46.6 Å². The molecule has 0 fully saturated rings. The molecule has 5 nitrogen and oxygen atoms in total. The van der Waals surface area contributed by atoms with Gasteiger partial charge in [-0.15, -0.1) is 0 Å². The summed E-state index contributed by atoms with van der Waals surface area (Å²) in [5, 5.41) is 7.60. The molecule has 0 unspecified atom stereocenters. The Labute approximate surface area is 226 Å². The van der Waals surface area contributed by atoms with Gasteiger partial charge in [0.1, 0.15) is 0 Å². The van der Waals surface area contributed by atoms with E-state index in [1.165, 1.54) is 5.56 Å². The molecule has 0 aliphatic carbocycles. The molecule has 2 N–H and O–H groups in total. The third-order valence-electron chi connectivity index (χ3n) is 5.55.